The lowest BCUT2D eigenvalue weighted by Gasteiger charge is -2.14. The van der Waals surface area contributed by atoms with Gasteiger partial charge in [0.1, 0.15) is 11.0 Å². The normalized spacial score (nSPS) is 11.2. The van der Waals surface area contributed by atoms with Crippen LogP contribution in [0.3, 0.4) is 0 Å². The molecule has 0 saturated heterocycles. The van der Waals surface area contributed by atoms with Crippen LogP contribution in [0, 0.1) is 0 Å². The molecule has 0 aliphatic rings. The molecule has 0 aliphatic carbocycles. The fraction of sp³-hybridized carbons (Fsp3) is 0.200. The number of hydrogen-bond donors (Lipinski definition) is 1. The maximum Gasteiger partial charge on any atom is 0.273 e. The molecule has 1 N–H and O–H groups in total. The fourth-order valence-electron chi connectivity index (χ4n) is 2.92. The van der Waals surface area contributed by atoms with E-state index in [-0.39, 0.29) is 11.6 Å². The van der Waals surface area contributed by atoms with Crippen molar-refractivity contribution in [3.05, 3.63) is 77.2 Å². The van der Waals surface area contributed by atoms with Gasteiger partial charge in [-0.25, -0.2) is 0 Å². The summed E-state index contributed by atoms with van der Waals surface area (Å²) in [7, 11) is 2.00. The van der Waals surface area contributed by atoms with Crippen LogP contribution in [0.4, 0.5) is 0 Å². The van der Waals surface area contributed by atoms with Gasteiger partial charge < -0.3 is 9.84 Å². The van der Waals surface area contributed by atoms with Crippen LogP contribution in [0.15, 0.2) is 59.1 Å². The van der Waals surface area contributed by atoms with E-state index in [0.717, 1.165) is 23.1 Å². The predicted octanol–water partition coefficient (Wildman–Crippen LogP) is 3.24. The third kappa shape index (κ3) is 4.41. The number of benzene rings is 2. The topological polar surface area (TPSA) is 84.2 Å². The van der Waals surface area contributed by atoms with E-state index in [1.807, 2.05) is 43.4 Å². The number of nitrogens with zero attached hydrogens (tertiary/aromatic N) is 4. The summed E-state index contributed by atoms with van der Waals surface area (Å²) in [4.78, 5) is 14.5. The standard InChI is InChI=1S/C20H19N5O2S/c1-25(12-14-5-3-2-4-6-14)13-16-10-19(22-27-16)20(26)21-11-15-7-8-17-18(9-15)24-28-23-17/h2-10H,11-13H2,1H3,(H,21,26). The second-order valence-corrected chi connectivity index (χ2v) is 7.13. The minimum atomic E-state index is -0.266. The van der Waals surface area contributed by atoms with E-state index < -0.39 is 0 Å². The Morgan fingerprint density at radius 3 is 2.71 bits per heavy atom. The number of fused-ring (bicyclic) bond motifs is 1. The summed E-state index contributed by atoms with van der Waals surface area (Å²) < 4.78 is 13.7. The van der Waals surface area contributed by atoms with E-state index >= 15 is 0 Å². The monoisotopic (exact) mass is 393 g/mol. The SMILES string of the molecule is CN(Cc1ccccc1)Cc1cc(C(=O)NCc2ccc3nsnc3c2)no1. The molecule has 0 radical (unpaired) electrons. The Morgan fingerprint density at radius 1 is 1.04 bits per heavy atom. The summed E-state index contributed by atoms with van der Waals surface area (Å²) in [5.74, 6) is 0.385. The molecule has 0 aliphatic heterocycles. The average molecular weight is 393 g/mol. The van der Waals surface area contributed by atoms with Crippen LogP contribution in [-0.2, 0) is 19.6 Å². The van der Waals surface area contributed by atoms with E-state index in [1.165, 1.54) is 17.3 Å². The highest BCUT2D eigenvalue weighted by molar-refractivity contribution is 7.00. The van der Waals surface area contributed by atoms with Crippen molar-refractivity contribution in [2.45, 2.75) is 19.6 Å². The van der Waals surface area contributed by atoms with Crippen LogP contribution < -0.4 is 5.32 Å². The van der Waals surface area contributed by atoms with Crippen LogP contribution in [0.25, 0.3) is 11.0 Å². The number of carbonyl (C=O) groups excluding carboxylic acids is 1. The minimum Gasteiger partial charge on any atom is -0.359 e. The molecule has 0 unspecified atom stereocenters. The molecule has 1 amide bonds. The quantitative estimate of drug-likeness (QED) is 0.519. The summed E-state index contributed by atoms with van der Waals surface area (Å²) in [5.41, 5.74) is 4.15. The molecule has 28 heavy (non-hydrogen) atoms. The van der Waals surface area contributed by atoms with Crippen molar-refractivity contribution < 1.29 is 9.32 Å². The highest BCUT2D eigenvalue weighted by Crippen LogP contribution is 2.14. The fourth-order valence-corrected chi connectivity index (χ4v) is 3.44. The first-order valence-corrected chi connectivity index (χ1v) is 9.58. The molecular weight excluding hydrogens is 374 g/mol. The van der Waals surface area contributed by atoms with Crippen LogP contribution in [0.1, 0.15) is 27.4 Å². The molecule has 4 rings (SSSR count). The predicted molar refractivity (Wildman–Crippen MR) is 107 cm³/mol. The molecule has 2 heterocycles. The molecule has 4 aromatic rings. The lowest BCUT2D eigenvalue weighted by molar-refractivity contribution is 0.0941. The van der Waals surface area contributed by atoms with Crippen LogP contribution in [0.2, 0.25) is 0 Å². The number of amides is 1. The van der Waals surface area contributed by atoms with Crippen molar-refractivity contribution in [2.24, 2.45) is 0 Å². The van der Waals surface area contributed by atoms with Crippen molar-refractivity contribution in [3.8, 4) is 0 Å². The van der Waals surface area contributed by atoms with Gasteiger partial charge in [-0.2, -0.15) is 8.75 Å². The molecule has 2 aromatic carbocycles. The Balaban J connectivity index is 1.32. The summed E-state index contributed by atoms with van der Waals surface area (Å²) in [6.45, 7) is 1.75. The first-order chi connectivity index (χ1) is 13.7. The van der Waals surface area contributed by atoms with Gasteiger partial charge in [-0.05, 0) is 30.3 Å². The van der Waals surface area contributed by atoms with Crippen LogP contribution in [-0.4, -0.2) is 31.8 Å². The zero-order chi connectivity index (χ0) is 19.3. The zero-order valence-corrected chi connectivity index (χ0v) is 16.1. The third-order valence-corrected chi connectivity index (χ3v) is 4.84. The largest absolute Gasteiger partial charge is 0.359 e. The highest BCUT2D eigenvalue weighted by Gasteiger charge is 2.14. The highest BCUT2D eigenvalue weighted by atomic mass is 32.1. The Morgan fingerprint density at radius 2 is 1.86 bits per heavy atom. The number of aromatic nitrogens is 3. The summed E-state index contributed by atoms with van der Waals surface area (Å²) in [5, 5.41) is 6.75. The molecule has 0 atom stereocenters. The maximum absolute atomic E-state index is 12.3. The minimum absolute atomic E-state index is 0.266. The third-order valence-electron chi connectivity index (χ3n) is 4.28. The smallest absolute Gasteiger partial charge is 0.273 e. The van der Waals surface area contributed by atoms with Gasteiger partial charge in [-0.1, -0.05) is 41.6 Å². The second kappa shape index (κ2) is 8.28. The van der Waals surface area contributed by atoms with Gasteiger partial charge in [0, 0.05) is 19.2 Å². The summed E-state index contributed by atoms with van der Waals surface area (Å²) >= 11 is 1.18. The number of nitrogens with one attached hydrogen (secondary N) is 1. The van der Waals surface area contributed by atoms with Crippen LogP contribution >= 0.6 is 11.7 Å². The van der Waals surface area contributed by atoms with Gasteiger partial charge >= 0.3 is 0 Å². The van der Waals surface area contributed by atoms with E-state index in [0.29, 0.717) is 18.8 Å². The maximum atomic E-state index is 12.3. The van der Waals surface area contributed by atoms with Gasteiger partial charge in [0.2, 0.25) is 0 Å². The lowest BCUT2D eigenvalue weighted by Crippen LogP contribution is -2.23. The van der Waals surface area contributed by atoms with Crippen molar-refractivity contribution in [1.82, 2.24) is 24.1 Å². The van der Waals surface area contributed by atoms with Gasteiger partial charge in [0.25, 0.3) is 5.91 Å². The summed E-state index contributed by atoms with van der Waals surface area (Å²) in [6, 6.07) is 17.6. The van der Waals surface area contributed by atoms with E-state index in [4.69, 9.17) is 4.52 Å². The molecule has 2 aromatic heterocycles. The Labute approximate surface area is 166 Å². The van der Waals surface area contributed by atoms with Gasteiger partial charge in [-0.3, -0.25) is 9.69 Å². The van der Waals surface area contributed by atoms with Gasteiger partial charge in [-0.15, -0.1) is 0 Å². The first kappa shape index (κ1) is 18.3. The molecule has 0 fully saturated rings. The Bertz CT molecular complexity index is 1080. The van der Waals surface area contributed by atoms with Crippen molar-refractivity contribution >= 4 is 28.7 Å². The van der Waals surface area contributed by atoms with E-state index in [1.54, 1.807) is 6.07 Å². The molecule has 8 heteroatoms. The number of carbonyl (C=O) groups is 1. The molecular formula is C20H19N5O2S. The van der Waals surface area contributed by atoms with Gasteiger partial charge in [0.05, 0.1) is 18.3 Å². The molecule has 0 bridgehead atoms. The van der Waals surface area contributed by atoms with Gasteiger partial charge in [0.15, 0.2) is 11.5 Å². The van der Waals surface area contributed by atoms with Crippen molar-refractivity contribution in [1.29, 1.82) is 0 Å². The number of hydrogen-bond acceptors (Lipinski definition) is 7. The van der Waals surface area contributed by atoms with Crippen LogP contribution in [0.5, 0.6) is 0 Å². The molecule has 0 saturated carbocycles. The van der Waals surface area contributed by atoms with Crippen molar-refractivity contribution in [2.75, 3.05) is 7.05 Å². The molecule has 142 valence electrons. The second-order valence-electron chi connectivity index (χ2n) is 6.61. The molecule has 7 nitrogen and oxygen atoms in total. The van der Waals surface area contributed by atoms with E-state index in [2.05, 4.69) is 36.3 Å². The Hall–Kier alpha value is -3.10. The lowest BCUT2D eigenvalue weighted by atomic mass is 10.2. The van der Waals surface area contributed by atoms with Crippen molar-refractivity contribution in [3.63, 3.8) is 0 Å². The summed E-state index contributed by atoms with van der Waals surface area (Å²) in [6.07, 6.45) is 0. The number of rotatable bonds is 7. The van der Waals surface area contributed by atoms with E-state index in [9.17, 15) is 4.79 Å². The average Bonchev–Trinajstić information content (AvgIpc) is 3.35. The Kier molecular flexibility index (Phi) is 5.41. The first-order valence-electron chi connectivity index (χ1n) is 8.85. The molecule has 0 spiro atoms. The zero-order valence-electron chi connectivity index (χ0n) is 15.3.